The van der Waals surface area contributed by atoms with E-state index >= 15 is 0 Å². The monoisotopic (exact) mass is 424 g/mol. The molecule has 0 atom stereocenters. The van der Waals surface area contributed by atoms with E-state index in [0.29, 0.717) is 11.8 Å². The molecule has 1 aliphatic rings. The molecule has 1 saturated heterocycles. The van der Waals surface area contributed by atoms with Crippen LogP contribution in [0.25, 0.3) is 11.5 Å². The van der Waals surface area contributed by atoms with Crippen LogP contribution >= 0.6 is 0 Å². The summed E-state index contributed by atoms with van der Waals surface area (Å²) in [5.74, 6) is 2.90. The quantitative estimate of drug-likeness (QED) is 0.589. The molecule has 4 rings (SSSR count). The van der Waals surface area contributed by atoms with Gasteiger partial charge in [-0.15, -0.1) is 10.2 Å². The van der Waals surface area contributed by atoms with Gasteiger partial charge in [0.2, 0.25) is 5.89 Å². The third-order valence-electron chi connectivity index (χ3n) is 6.08. The molecule has 2 aromatic carbocycles. The van der Waals surface area contributed by atoms with Crippen molar-refractivity contribution < 1.29 is 23.7 Å². The van der Waals surface area contributed by atoms with Crippen molar-refractivity contribution in [3.05, 3.63) is 59.0 Å². The zero-order valence-corrected chi connectivity index (χ0v) is 18.8. The lowest BCUT2D eigenvalue weighted by molar-refractivity contribution is -1.02. The summed E-state index contributed by atoms with van der Waals surface area (Å²) in [7, 11) is 3.37. The fourth-order valence-electron chi connectivity index (χ4n) is 4.23. The second-order valence-electron chi connectivity index (χ2n) is 8.36. The minimum Gasteiger partial charge on any atom is -0.493 e. The summed E-state index contributed by atoms with van der Waals surface area (Å²) in [4.78, 5) is 3.08. The van der Waals surface area contributed by atoms with Crippen LogP contribution in [0.15, 0.2) is 40.8 Å². The number of quaternary nitrogens is 2. The number of nitrogens with zero attached hydrogens (tertiary/aromatic N) is 2. The van der Waals surface area contributed by atoms with Gasteiger partial charge < -0.3 is 23.7 Å². The van der Waals surface area contributed by atoms with Gasteiger partial charge in [-0.1, -0.05) is 17.7 Å². The average molecular weight is 425 g/mol. The van der Waals surface area contributed by atoms with Crippen LogP contribution in [0.5, 0.6) is 11.5 Å². The largest absolute Gasteiger partial charge is 0.493 e. The standard InChI is InChI=1S/C24H30N4O3/c1-17-6-5-7-19(12-17)24-26-25-23(31-24)16-28-10-8-27(9-11-28)15-20-14-22(30-4)21(29-3)13-18(20)2/h5-7,12-14H,8-11,15-16H2,1-4H3/p+2. The molecular formula is C24H32N4O3+2. The number of aryl methyl sites for hydroxylation is 2. The zero-order chi connectivity index (χ0) is 21.8. The molecule has 2 heterocycles. The molecule has 1 aromatic heterocycles. The van der Waals surface area contributed by atoms with Gasteiger partial charge in [0.05, 0.1) is 14.2 Å². The molecule has 0 amide bonds. The molecule has 0 aliphatic carbocycles. The maximum atomic E-state index is 5.94. The number of aromatic nitrogens is 2. The van der Waals surface area contributed by atoms with Gasteiger partial charge in [0.1, 0.15) is 32.7 Å². The van der Waals surface area contributed by atoms with E-state index in [1.807, 2.05) is 12.1 Å². The molecule has 0 bridgehead atoms. The number of hydrogen-bond acceptors (Lipinski definition) is 5. The molecule has 1 aliphatic heterocycles. The minimum atomic E-state index is 0.603. The molecule has 1 fully saturated rings. The molecule has 0 radical (unpaired) electrons. The highest BCUT2D eigenvalue weighted by molar-refractivity contribution is 5.53. The van der Waals surface area contributed by atoms with Crippen molar-refractivity contribution in [2.45, 2.75) is 26.9 Å². The molecule has 0 spiro atoms. The Labute approximate surface area is 183 Å². The van der Waals surface area contributed by atoms with Crippen molar-refractivity contribution in [3.63, 3.8) is 0 Å². The topological polar surface area (TPSA) is 66.3 Å². The lowest BCUT2D eigenvalue weighted by atomic mass is 10.1. The van der Waals surface area contributed by atoms with Crippen molar-refractivity contribution in [1.29, 1.82) is 0 Å². The predicted octanol–water partition coefficient (Wildman–Crippen LogP) is 0.854. The van der Waals surface area contributed by atoms with E-state index < -0.39 is 0 Å². The maximum absolute atomic E-state index is 5.94. The summed E-state index contributed by atoms with van der Waals surface area (Å²) in [6.07, 6.45) is 0. The van der Waals surface area contributed by atoms with Gasteiger partial charge in [-0.25, -0.2) is 0 Å². The Morgan fingerprint density at radius 1 is 0.871 bits per heavy atom. The first-order valence-electron chi connectivity index (χ1n) is 10.8. The summed E-state index contributed by atoms with van der Waals surface area (Å²) in [5, 5.41) is 8.53. The van der Waals surface area contributed by atoms with Gasteiger partial charge in [0.25, 0.3) is 5.89 Å². The fraction of sp³-hybridized carbons (Fsp3) is 0.417. The second-order valence-corrected chi connectivity index (χ2v) is 8.36. The first-order valence-corrected chi connectivity index (χ1v) is 10.8. The Hall–Kier alpha value is -2.90. The summed E-state index contributed by atoms with van der Waals surface area (Å²) in [5.41, 5.74) is 4.73. The zero-order valence-electron chi connectivity index (χ0n) is 18.8. The van der Waals surface area contributed by atoms with Crippen LogP contribution in [-0.4, -0.2) is 50.6 Å². The van der Waals surface area contributed by atoms with Crippen LogP contribution in [0.2, 0.25) is 0 Å². The van der Waals surface area contributed by atoms with Gasteiger partial charge in [-0.05, 0) is 43.7 Å². The van der Waals surface area contributed by atoms with E-state index in [4.69, 9.17) is 13.9 Å². The molecule has 164 valence electrons. The highest BCUT2D eigenvalue weighted by Gasteiger charge is 2.26. The van der Waals surface area contributed by atoms with Gasteiger partial charge in [-0.2, -0.15) is 0 Å². The number of ether oxygens (including phenoxy) is 2. The van der Waals surface area contributed by atoms with Crippen LogP contribution < -0.4 is 19.3 Å². The Balaban J connectivity index is 1.33. The fourth-order valence-corrected chi connectivity index (χ4v) is 4.23. The van der Waals surface area contributed by atoms with Crippen molar-refractivity contribution in [2.75, 3.05) is 40.4 Å². The summed E-state index contributed by atoms with van der Waals surface area (Å²) in [6, 6.07) is 12.3. The highest BCUT2D eigenvalue weighted by Crippen LogP contribution is 2.29. The van der Waals surface area contributed by atoms with E-state index in [1.165, 1.54) is 21.6 Å². The first-order chi connectivity index (χ1) is 15.1. The Morgan fingerprint density at radius 3 is 2.23 bits per heavy atom. The molecule has 3 aromatic rings. The minimum absolute atomic E-state index is 0.603. The normalized spacial score (nSPS) is 18.7. The Bertz CT molecular complexity index is 1030. The number of hydrogen-bond donors (Lipinski definition) is 2. The Morgan fingerprint density at radius 2 is 1.55 bits per heavy atom. The molecule has 7 heteroatoms. The third kappa shape index (κ3) is 5.06. The lowest BCUT2D eigenvalue weighted by Crippen LogP contribution is -3.27. The lowest BCUT2D eigenvalue weighted by Gasteiger charge is -2.29. The van der Waals surface area contributed by atoms with E-state index in [-0.39, 0.29) is 0 Å². The SMILES string of the molecule is COc1cc(C)c(C[NH+]2CC[NH+](Cc3nnc(-c4cccc(C)c4)o3)CC2)cc1OC. The molecule has 31 heavy (non-hydrogen) atoms. The average Bonchev–Trinajstić information content (AvgIpc) is 3.24. The van der Waals surface area contributed by atoms with E-state index in [9.17, 15) is 0 Å². The van der Waals surface area contributed by atoms with Crippen LogP contribution in [0, 0.1) is 13.8 Å². The van der Waals surface area contributed by atoms with Crippen LogP contribution in [-0.2, 0) is 13.1 Å². The third-order valence-corrected chi connectivity index (χ3v) is 6.08. The van der Waals surface area contributed by atoms with E-state index in [2.05, 4.69) is 48.3 Å². The molecular weight excluding hydrogens is 392 g/mol. The number of benzene rings is 2. The maximum Gasteiger partial charge on any atom is 0.271 e. The van der Waals surface area contributed by atoms with Gasteiger partial charge in [0, 0.05) is 11.1 Å². The van der Waals surface area contributed by atoms with Gasteiger partial charge in [-0.3, -0.25) is 0 Å². The summed E-state index contributed by atoms with van der Waals surface area (Å²) in [6.45, 7) is 10.4. The molecule has 2 N–H and O–H groups in total. The molecule has 0 unspecified atom stereocenters. The predicted molar refractivity (Wildman–Crippen MR) is 118 cm³/mol. The molecule has 7 nitrogen and oxygen atoms in total. The van der Waals surface area contributed by atoms with Crippen molar-refractivity contribution in [3.8, 4) is 23.0 Å². The van der Waals surface area contributed by atoms with Crippen molar-refractivity contribution >= 4 is 0 Å². The number of rotatable bonds is 7. The first kappa shape index (κ1) is 21.3. The van der Waals surface area contributed by atoms with E-state index in [1.54, 1.807) is 19.1 Å². The van der Waals surface area contributed by atoms with Gasteiger partial charge >= 0.3 is 0 Å². The summed E-state index contributed by atoms with van der Waals surface area (Å²) < 4.78 is 16.8. The van der Waals surface area contributed by atoms with Crippen LogP contribution in [0.4, 0.5) is 0 Å². The van der Waals surface area contributed by atoms with Crippen LogP contribution in [0.1, 0.15) is 22.6 Å². The molecule has 0 saturated carbocycles. The van der Waals surface area contributed by atoms with E-state index in [0.717, 1.165) is 56.3 Å². The number of nitrogens with one attached hydrogen (secondary N) is 2. The van der Waals surface area contributed by atoms with Crippen molar-refractivity contribution in [2.24, 2.45) is 0 Å². The Kier molecular flexibility index (Phi) is 6.53. The van der Waals surface area contributed by atoms with Crippen molar-refractivity contribution in [1.82, 2.24) is 10.2 Å². The summed E-state index contributed by atoms with van der Waals surface area (Å²) >= 11 is 0. The van der Waals surface area contributed by atoms with Crippen LogP contribution in [0.3, 0.4) is 0 Å². The second kappa shape index (κ2) is 9.49. The highest BCUT2D eigenvalue weighted by atomic mass is 16.5. The number of methoxy groups -OCH3 is 2. The number of piperazine rings is 1. The smallest absolute Gasteiger partial charge is 0.271 e. The van der Waals surface area contributed by atoms with Gasteiger partial charge in [0.15, 0.2) is 18.0 Å².